The van der Waals surface area contributed by atoms with Gasteiger partial charge in [-0.2, -0.15) is 0 Å². The van der Waals surface area contributed by atoms with Crippen LogP contribution in [-0.2, 0) is 0 Å². The average molecular weight is 326 g/mol. The number of aromatic hydroxyl groups is 2. The van der Waals surface area contributed by atoms with Crippen LogP contribution in [0, 0.1) is 5.82 Å². The van der Waals surface area contributed by atoms with Crippen molar-refractivity contribution in [1.29, 1.82) is 0 Å². The molecule has 0 saturated heterocycles. The zero-order valence-electron chi connectivity index (χ0n) is 9.52. The summed E-state index contributed by atoms with van der Waals surface area (Å²) in [4.78, 5) is 11.9. The van der Waals surface area contributed by atoms with Gasteiger partial charge in [-0.3, -0.25) is 4.79 Å². The Morgan fingerprint density at radius 2 is 1.95 bits per heavy atom. The molecule has 0 aliphatic carbocycles. The fourth-order valence-corrected chi connectivity index (χ4v) is 1.83. The minimum Gasteiger partial charge on any atom is -0.504 e. The molecular formula is C13H9BrFNO3. The predicted molar refractivity (Wildman–Crippen MR) is 71.8 cm³/mol. The lowest BCUT2D eigenvalue weighted by Crippen LogP contribution is -2.13. The minimum absolute atomic E-state index is 0.0176. The summed E-state index contributed by atoms with van der Waals surface area (Å²) < 4.78 is 14.1. The Kier molecular flexibility index (Phi) is 3.71. The third-order valence-corrected chi connectivity index (χ3v) is 2.93. The molecule has 19 heavy (non-hydrogen) atoms. The normalized spacial score (nSPS) is 10.2. The van der Waals surface area contributed by atoms with Gasteiger partial charge in [0.1, 0.15) is 5.82 Å². The molecule has 0 heterocycles. The number of rotatable bonds is 2. The highest BCUT2D eigenvalue weighted by Crippen LogP contribution is 2.29. The first kappa shape index (κ1) is 13.4. The number of para-hydroxylation sites is 1. The van der Waals surface area contributed by atoms with Gasteiger partial charge in [0, 0.05) is 4.47 Å². The van der Waals surface area contributed by atoms with Crippen LogP contribution in [0.3, 0.4) is 0 Å². The number of benzene rings is 2. The van der Waals surface area contributed by atoms with Crippen molar-refractivity contribution in [2.24, 2.45) is 0 Å². The lowest BCUT2D eigenvalue weighted by molar-refractivity contribution is 0.102. The van der Waals surface area contributed by atoms with Crippen LogP contribution in [0.2, 0.25) is 0 Å². The van der Waals surface area contributed by atoms with Crippen LogP contribution in [-0.4, -0.2) is 16.1 Å². The van der Waals surface area contributed by atoms with E-state index >= 15 is 0 Å². The van der Waals surface area contributed by atoms with Gasteiger partial charge in [0.2, 0.25) is 0 Å². The van der Waals surface area contributed by atoms with Gasteiger partial charge in [0.25, 0.3) is 5.91 Å². The summed E-state index contributed by atoms with van der Waals surface area (Å²) in [5, 5.41) is 21.2. The second-order valence-electron chi connectivity index (χ2n) is 3.75. The van der Waals surface area contributed by atoms with Crippen LogP contribution in [0.1, 0.15) is 10.4 Å². The van der Waals surface area contributed by atoms with Gasteiger partial charge in [-0.05, 0) is 30.3 Å². The molecule has 0 atom stereocenters. The van der Waals surface area contributed by atoms with E-state index in [1.54, 1.807) is 6.07 Å². The minimum atomic E-state index is -0.713. The van der Waals surface area contributed by atoms with Gasteiger partial charge in [-0.1, -0.05) is 22.0 Å². The molecule has 1 amide bonds. The Morgan fingerprint density at radius 3 is 2.63 bits per heavy atom. The summed E-state index contributed by atoms with van der Waals surface area (Å²) in [6, 6.07) is 8.13. The number of amides is 1. The topological polar surface area (TPSA) is 69.6 Å². The van der Waals surface area contributed by atoms with Crippen molar-refractivity contribution in [3.05, 3.63) is 52.3 Å². The molecular weight excluding hydrogens is 317 g/mol. The first-order chi connectivity index (χ1) is 8.99. The number of nitrogens with one attached hydrogen (secondary N) is 1. The van der Waals surface area contributed by atoms with E-state index in [9.17, 15) is 19.4 Å². The SMILES string of the molecule is O=C(Nc1ccc(Br)cc1F)c1cccc(O)c1O. The summed E-state index contributed by atoms with van der Waals surface area (Å²) in [7, 11) is 0. The number of halogens is 2. The highest BCUT2D eigenvalue weighted by Gasteiger charge is 2.15. The van der Waals surface area contributed by atoms with E-state index in [-0.39, 0.29) is 11.3 Å². The summed E-state index contributed by atoms with van der Waals surface area (Å²) in [5.74, 6) is -2.28. The van der Waals surface area contributed by atoms with Gasteiger partial charge in [-0.15, -0.1) is 0 Å². The second-order valence-corrected chi connectivity index (χ2v) is 4.67. The van der Waals surface area contributed by atoms with E-state index in [1.807, 2.05) is 0 Å². The number of carbonyl (C=O) groups is 1. The molecule has 0 aromatic heterocycles. The molecule has 0 aliphatic heterocycles. The van der Waals surface area contributed by atoms with Gasteiger partial charge in [0.05, 0.1) is 11.3 Å². The largest absolute Gasteiger partial charge is 0.504 e. The molecule has 4 nitrogen and oxygen atoms in total. The summed E-state index contributed by atoms with van der Waals surface area (Å²) in [5.41, 5.74) is -0.154. The van der Waals surface area contributed by atoms with Gasteiger partial charge >= 0.3 is 0 Å². The van der Waals surface area contributed by atoms with E-state index < -0.39 is 23.2 Å². The Morgan fingerprint density at radius 1 is 1.21 bits per heavy atom. The summed E-state index contributed by atoms with van der Waals surface area (Å²) >= 11 is 3.10. The smallest absolute Gasteiger partial charge is 0.259 e. The number of anilines is 1. The van der Waals surface area contributed by atoms with Crippen LogP contribution in [0.5, 0.6) is 11.5 Å². The molecule has 6 heteroatoms. The first-order valence-corrected chi connectivity index (χ1v) is 6.05. The molecule has 98 valence electrons. The maximum absolute atomic E-state index is 13.5. The molecule has 0 spiro atoms. The van der Waals surface area contributed by atoms with Crippen LogP contribution < -0.4 is 5.32 Å². The van der Waals surface area contributed by atoms with E-state index in [4.69, 9.17) is 0 Å². The van der Waals surface area contributed by atoms with Crippen LogP contribution in [0.15, 0.2) is 40.9 Å². The highest BCUT2D eigenvalue weighted by atomic mass is 79.9. The van der Waals surface area contributed by atoms with Crippen LogP contribution >= 0.6 is 15.9 Å². The zero-order chi connectivity index (χ0) is 14.0. The molecule has 3 N–H and O–H groups in total. The number of carbonyl (C=O) groups excluding carboxylic acids is 1. The molecule has 0 fully saturated rings. The second kappa shape index (κ2) is 5.27. The van der Waals surface area contributed by atoms with Crippen molar-refractivity contribution in [3.63, 3.8) is 0 Å². The molecule has 0 saturated carbocycles. The summed E-state index contributed by atoms with van der Waals surface area (Å²) in [6.07, 6.45) is 0. The third-order valence-electron chi connectivity index (χ3n) is 2.44. The monoisotopic (exact) mass is 325 g/mol. The van der Waals surface area contributed by atoms with Crippen molar-refractivity contribution in [2.45, 2.75) is 0 Å². The molecule has 0 unspecified atom stereocenters. The predicted octanol–water partition coefficient (Wildman–Crippen LogP) is 3.25. The molecule has 2 aromatic rings. The van der Waals surface area contributed by atoms with Crippen LogP contribution in [0.4, 0.5) is 10.1 Å². The highest BCUT2D eigenvalue weighted by molar-refractivity contribution is 9.10. The Bertz CT molecular complexity index is 646. The van der Waals surface area contributed by atoms with Gasteiger partial charge in [0.15, 0.2) is 11.5 Å². The van der Waals surface area contributed by atoms with E-state index in [1.165, 1.54) is 30.3 Å². The number of hydrogen-bond acceptors (Lipinski definition) is 3. The molecule has 0 aliphatic rings. The Labute approximate surface area is 116 Å². The lowest BCUT2D eigenvalue weighted by Gasteiger charge is -2.08. The zero-order valence-corrected chi connectivity index (χ0v) is 11.1. The van der Waals surface area contributed by atoms with E-state index in [0.717, 1.165) is 0 Å². The maximum atomic E-state index is 13.5. The first-order valence-electron chi connectivity index (χ1n) is 5.26. The molecule has 2 aromatic carbocycles. The lowest BCUT2D eigenvalue weighted by atomic mass is 10.1. The number of phenolic OH excluding ortho intramolecular Hbond substituents is 2. The number of phenols is 2. The molecule has 0 radical (unpaired) electrons. The maximum Gasteiger partial charge on any atom is 0.259 e. The molecule has 0 bridgehead atoms. The van der Waals surface area contributed by atoms with Crippen molar-refractivity contribution in [1.82, 2.24) is 0 Å². The van der Waals surface area contributed by atoms with Crippen molar-refractivity contribution in [3.8, 4) is 11.5 Å². The van der Waals surface area contributed by atoms with Gasteiger partial charge in [-0.25, -0.2) is 4.39 Å². The van der Waals surface area contributed by atoms with Crippen molar-refractivity contribution < 1.29 is 19.4 Å². The van der Waals surface area contributed by atoms with Crippen molar-refractivity contribution >= 4 is 27.5 Å². The number of hydrogen-bond donors (Lipinski definition) is 3. The quantitative estimate of drug-likeness (QED) is 0.742. The molecule has 2 rings (SSSR count). The Balaban J connectivity index is 2.28. The average Bonchev–Trinajstić information content (AvgIpc) is 2.36. The van der Waals surface area contributed by atoms with Crippen LogP contribution in [0.25, 0.3) is 0 Å². The van der Waals surface area contributed by atoms with Crippen molar-refractivity contribution in [2.75, 3.05) is 5.32 Å². The van der Waals surface area contributed by atoms with E-state index in [0.29, 0.717) is 4.47 Å². The standard InChI is InChI=1S/C13H9BrFNO3/c14-7-4-5-10(9(15)6-7)16-13(19)8-2-1-3-11(17)12(8)18/h1-6,17-18H,(H,16,19). The summed E-state index contributed by atoms with van der Waals surface area (Å²) in [6.45, 7) is 0. The van der Waals surface area contributed by atoms with E-state index in [2.05, 4.69) is 21.2 Å². The third kappa shape index (κ3) is 2.85. The Hall–Kier alpha value is -2.08. The van der Waals surface area contributed by atoms with Gasteiger partial charge < -0.3 is 15.5 Å². The fourth-order valence-electron chi connectivity index (χ4n) is 1.50. The fraction of sp³-hybridized carbons (Fsp3) is 0.